The van der Waals surface area contributed by atoms with Crippen LogP contribution in [0.1, 0.15) is 44.3 Å². The van der Waals surface area contributed by atoms with Crippen LogP contribution in [-0.4, -0.2) is 41.9 Å². The van der Waals surface area contributed by atoms with Crippen molar-refractivity contribution >= 4 is 15.9 Å². The lowest BCUT2D eigenvalue weighted by Crippen LogP contribution is -2.27. The summed E-state index contributed by atoms with van der Waals surface area (Å²) >= 11 is 3.69. The Bertz CT molecular complexity index is 412. The number of hydrogen-bond acceptors (Lipinski definition) is 3. The van der Waals surface area contributed by atoms with Crippen LogP contribution in [0.3, 0.4) is 0 Å². The van der Waals surface area contributed by atoms with E-state index >= 15 is 0 Å². The third-order valence-corrected chi connectivity index (χ3v) is 4.44. The van der Waals surface area contributed by atoms with E-state index in [1.165, 1.54) is 31.4 Å². The average molecular weight is 343 g/mol. The van der Waals surface area contributed by atoms with Gasteiger partial charge in [-0.05, 0) is 55.3 Å². The van der Waals surface area contributed by atoms with Crippen molar-refractivity contribution in [3.05, 3.63) is 16.4 Å². The standard InChI is InChI=1S/C15H27BrN4/c1-4-7-17-14(10-12-5-6-12)15-13(16)11-18-20(15)9-8-19(2)3/h11-12,14,17H,4-10H2,1-3H3. The third kappa shape index (κ3) is 4.57. The van der Waals surface area contributed by atoms with Crippen molar-refractivity contribution in [2.24, 2.45) is 5.92 Å². The number of nitrogens with one attached hydrogen (secondary N) is 1. The van der Waals surface area contributed by atoms with Crippen LogP contribution in [0, 0.1) is 5.92 Å². The van der Waals surface area contributed by atoms with Crippen molar-refractivity contribution in [2.45, 2.75) is 45.2 Å². The molecule has 0 saturated heterocycles. The summed E-state index contributed by atoms with van der Waals surface area (Å²) in [6.07, 6.45) is 7.15. The number of halogens is 1. The zero-order valence-corrected chi connectivity index (χ0v) is 14.5. The van der Waals surface area contributed by atoms with Crippen LogP contribution in [-0.2, 0) is 6.54 Å². The molecule has 1 aliphatic carbocycles. The van der Waals surface area contributed by atoms with E-state index in [4.69, 9.17) is 0 Å². The van der Waals surface area contributed by atoms with E-state index in [-0.39, 0.29) is 0 Å². The molecule has 5 heteroatoms. The second-order valence-corrected chi connectivity index (χ2v) is 6.94. The highest BCUT2D eigenvalue weighted by atomic mass is 79.9. The van der Waals surface area contributed by atoms with Gasteiger partial charge < -0.3 is 10.2 Å². The molecule has 1 aliphatic rings. The van der Waals surface area contributed by atoms with Crippen LogP contribution in [0.4, 0.5) is 0 Å². The summed E-state index contributed by atoms with van der Waals surface area (Å²) in [6.45, 7) is 5.26. The minimum Gasteiger partial charge on any atom is -0.309 e. The fraction of sp³-hybridized carbons (Fsp3) is 0.800. The first-order valence-corrected chi connectivity index (χ1v) is 8.50. The van der Waals surface area contributed by atoms with E-state index < -0.39 is 0 Å². The molecule has 0 radical (unpaired) electrons. The Morgan fingerprint density at radius 2 is 2.25 bits per heavy atom. The molecule has 1 aromatic heterocycles. The molecule has 1 aromatic rings. The molecular formula is C15H27BrN4. The Hall–Kier alpha value is -0.390. The Morgan fingerprint density at radius 1 is 1.50 bits per heavy atom. The van der Waals surface area contributed by atoms with E-state index in [9.17, 15) is 0 Å². The highest BCUT2D eigenvalue weighted by Gasteiger charge is 2.29. The fourth-order valence-corrected chi connectivity index (χ4v) is 3.06. The summed E-state index contributed by atoms with van der Waals surface area (Å²) in [4.78, 5) is 2.20. The highest BCUT2D eigenvalue weighted by molar-refractivity contribution is 9.10. The van der Waals surface area contributed by atoms with Gasteiger partial charge in [0.2, 0.25) is 0 Å². The quantitative estimate of drug-likeness (QED) is 0.748. The van der Waals surface area contributed by atoms with Gasteiger partial charge in [-0.25, -0.2) is 0 Å². The van der Waals surface area contributed by atoms with Gasteiger partial charge in [0.15, 0.2) is 0 Å². The number of aromatic nitrogens is 2. The van der Waals surface area contributed by atoms with E-state index in [0.29, 0.717) is 6.04 Å². The molecular weight excluding hydrogens is 316 g/mol. The molecule has 0 aliphatic heterocycles. The first kappa shape index (κ1) is 16.0. The smallest absolute Gasteiger partial charge is 0.0696 e. The van der Waals surface area contributed by atoms with E-state index in [2.05, 4.69) is 56.9 Å². The largest absolute Gasteiger partial charge is 0.309 e. The van der Waals surface area contributed by atoms with Crippen molar-refractivity contribution in [2.75, 3.05) is 27.2 Å². The highest BCUT2D eigenvalue weighted by Crippen LogP contribution is 2.39. The molecule has 114 valence electrons. The van der Waals surface area contributed by atoms with Crippen molar-refractivity contribution in [3.63, 3.8) is 0 Å². The maximum absolute atomic E-state index is 4.55. The first-order chi connectivity index (χ1) is 9.61. The van der Waals surface area contributed by atoms with Gasteiger partial charge in [0.1, 0.15) is 0 Å². The van der Waals surface area contributed by atoms with E-state index in [0.717, 1.165) is 30.0 Å². The molecule has 0 amide bonds. The predicted molar refractivity (Wildman–Crippen MR) is 86.9 cm³/mol. The molecule has 1 atom stereocenters. The minimum absolute atomic E-state index is 0.432. The molecule has 1 unspecified atom stereocenters. The molecule has 20 heavy (non-hydrogen) atoms. The van der Waals surface area contributed by atoms with Crippen molar-refractivity contribution in [1.29, 1.82) is 0 Å². The lowest BCUT2D eigenvalue weighted by Gasteiger charge is -2.21. The second-order valence-electron chi connectivity index (χ2n) is 6.09. The summed E-state index contributed by atoms with van der Waals surface area (Å²) < 4.78 is 3.31. The minimum atomic E-state index is 0.432. The van der Waals surface area contributed by atoms with Crippen LogP contribution in [0.2, 0.25) is 0 Å². The lowest BCUT2D eigenvalue weighted by atomic mass is 10.1. The summed E-state index contributed by atoms with van der Waals surface area (Å²) in [5.74, 6) is 0.911. The maximum Gasteiger partial charge on any atom is 0.0696 e. The van der Waals surface area contributed by atoms with Crippen molar-refractivity contribution in [1.82, 2.24) is 20.0 Å². The fourth-order valence-electron chi connectivity index (χ4n) is 2.49. The molecule has 0 bridgehead atoms. The molecule has 2 rings (SSSR count). The van der Waals surface area contributed by atoms with Gasteiger partial charge in [-0.15, -0.1) is 0 Å². The third-order valence-electron chi connectivity index (χ3n) is 3.83. The Morgan fingerprint density at radius 3 is 2.85 bits per heavy atom. The first-order valence-electron chi connectivity index (χ1n) is 7.71. The number of hydrogen-bond donors (Lipinski definition) is 1. The number of nitrogens with zero attached hydrogens (tertiary/aromatic N) is 3. The number of likely N-dealkylation sites (N-methyl/N-ethyl adjacent to an activating group) is 1. The Labute approximate surface area is 131 Å². The topological polar surface area (TPSA) is 33.1 Å². The van der Waals surface area contributed by atoms with Crippen molar-refractivity contribution < 1.29 is 0 Å². The Balaban J connectivity index is 2.10. The van der Waals surface area contributed by atoms with Crippen LogP contribution in [0.25, 0.3) is 0 Å². The van der Waals surface area contributed by atoms with Crippen LogP contribution in [0.15, 0.2) is 10.7 Å². The van der Waals surface area contributed by atoms with E-state index in [1.54, 1.807) is 0 Å². The second kappa shape index (κ2) is 7.57. The Kier molecular flexibility index (Phi) is 6.05. The van der Waals surface area contributed by atoms with Gasteiger partial charge in [0, 0.05) is 6.54 Å². The summed E-state index contributed by atoms with van der Waals surface area (Å²) in [5, 5.41) is 8.26. The lowest BCUT2D eigenvalue weighted by molar-refractivity contribution is 0.357. The van der Waals surface area contributed by atoms with E-state index in [1.807, 2.05) is 6.20 Å². The SMILES string of the molecule is CCCNC(CC1CC1)c1c(Br)cnn1CCN(C)C. The molecule has 1 heterocycles. The maximum atomic E-state index is 4.55. The van der Waals surface area contributed by atoms with Gasteiger partial charge >= 0.3 is 0 Å². The zero-order valence-electron chi connectivity index (χ0n) is 12.9. The normalized spacial score (nSPS) is 16.9. The van der Waals surface area contributed by atoms with Gasteiger partial charge in [0.25, 0.3) is 0 Å². The monoisotopic (exact) mass is 342 g/mol. The molecule has 0 aromatic carbocycles. The average Bonchev–Trinajstić information content (AvgIpc) is 3.15. The number of rotatable bonds is 9. The van der Waals surface area contributed by atoms with Gasteiger partial charge in [0.05, 0.1) is 29.0 Å². The summed E-state index contributed by atoms with van der Waals surface area (Å²) in [7, 11) is 4.21. The summed E-state index contributed by atoms with van der Waals surface area (Å²) in [6, 6.07) is 0.432. The van der Waals surface area contributed by atoms with Gasteiger partial charge in [-0.3, -0.25) is 4.68 Å². The van der Waals surface area contributed by atoms with Crippen LogP contribution < -0.4 is 5.32 Å². The summed E-state index contributed by atoms with van der Waals surface area (Å²) in [5.41, 5.74) is 1.33. The molecule has 1 fully saturated rings. The zero-order chi connectivity index (χ0) is 14.5. The van der Waals surface area contributed by atoms with Crippen LogP contribution >= 0.6 is 15.9 Å². The van der Waals surface area contributed by atoms with Gasteiger partial charge in [-0.2, -0.15) is 5.10 Å². The molecule has 1 saturated carbocycles. The molecule has 4 nitrogen and oxygen atoms in total. The molecule has 1 N–H and O–H groups in total. The molecule has 0 spiro atoms. The van der Waals surface area contributed by atoms with Gasteiger partial charge in [-0.1, -0.05) is 19.8 Å². The predicted octanol–water partition coefficient (Wildman–Crippen LogP) is 3.05. The van der Waals surface area contributed by atoms with Crippen molar-refractivity contribution in [3.8, 4) is 0 Å². The van der Waals surface area contributed by atoms with Crippen LogP contribution in [0.5, 0.6) is 0 Å².